The third-order valence-corrected chi connectivity index (χ3v) is 4.89. The third kappa shape index (κ3) is 3.07. The predicted octanol–water partition coefficient (Wildman–Crippen LogP) is 3.98. The Morgan fingerprint density at radius 1 is 1.22 bits per heavy atom. The van der Waals surface area contributed by atoms with Crippen LogP contribution in [0.2, 0.25) is 0 Å². The Morgan fingerprint density at radius 2 is 1.93 bits per heavy atom. The first-order chi connectivity index (χ1) is 12.7. The van der Waals surface area contributed by atoms with E-state index >= 15 is 0 Å². The number of hydrogen-bond donors (Lipinski definition) is 3. The second-order valence-electron chi connectivity index (χ2n) is 7.08. The van der Waals surface area contributed by atoms with Crippen molar-refractivity contribution in [3.8, 4) is 28.7 Å². The van der Waals surface area contributed by atoms with Crippen molar-refractivity contribution in [3.63, 3.8) is 0 Å². The molecule has 3 N–H and O–H groups in total. The van der Waals surface area contributed by atoms with Gasteiger partial charge in [0.15, 0.2) is 17.3 Å². The fourth-order valence-electron chi connectivity index (χ4n) is 3.28. The zero-order chi connectivity index (χ0) is 19.9. The van der Waals surface area contributed by atoms with E-state index in [-0.39, 0.29) is 52.1 Å². The van der Waals surface area contributed by atoms with Gasteiger partial charge in [0.2, 0.25) is 0 Å². The first-order valence-corrected chi connectivity index (χ1v) is 8.49. The van der Waals surface area contributed by atoms with Crippen molar-refractivity contribution in [2.75, 3.05) is 7.11 Å². The Hall–Kier alpha value is -3.15. The quantitative estimate of drug-likeness (QED) is 0.705. The lowest BCUT2D eigenvalue weighted by atomic mass is 9.81. The molecule has 0 unspecified atom stereocenters. The van der Waals surface area contributed by atoms with Crippen molar-refractivity contribution in [1.29, 1.82) is 0 Å². The van der Waals surface area contributed by atoms with E-state index in [0.717, 1.165) is 0 Å². The average Bonchev–Trinajstić information content (AvgIpc) is 2.61. The number of benzene rings is 2. The molecule has 3 rings (SSSR count). The van der Waals surface area contributed by atoms with Gasteiger partial charge in [-0.25, -0.2) is 0 Å². The van der Waals surface area contributed by atoms with E-state index in [1.54, 1.807) is 32.1 Å². The fraction of sp³-hybridized carbons (Fsp3) is 0.286. The monoisotopic (exact) mass is 370 g/mol. The molecule has 6 heteroatoms. The molecule has 1 aliphatic heterocycles. The summed E-state index contributed by atoms with van der Waals surface area (Å²) >= 11 is 0. The molecule has 2 aromatic rings. The molecule has 142 valence electrons. The van der Waals surface area contributed by atoms with Crippen LogP contribution in [0, 0.1) is 0 Å². The fourth-order valence-corrected chi connectivity index (χ4v) is 3.28. The van der Waals surface area contributed by atoms with Crippen molar-refractivity contribution in [3.05, 3.63) is 53.6 Å². The van der Waals surface area contributed by atoms with E-state index < -0.39 is 11.5 Å². The third-order valence-electron chi connectivity index (χ3n) is 4.89. The predicted molar refractivity (Wildman–Crippen MR) is 100.0 cm³/mol. The molecule has 1 aliphatic rings. The smallest absolute Gasteiger partial charge is 0.174 e. The molecule has 1 atom stereocenters. The van der Waals surface area contributed by atoms with Crippen LogP contribution in [0.1, 0.15) is 47.9 Å². The number of ether oxygens (including phenoxy) is 2. The van der Waals surface area contributed by atoms with Gasteiger partial charge in [-0.2, -0.15) is 0 Å². The number of hydrogen-bond acceptors (Lipinski definition) is 6. The zero-order valence-corrected chi connectivity index (χ0v) is 15.4. The number of rotatable bonds is 4. The highest BCUT2D eigenvalue weighted by Gasteiger charge is 2.36. The minimum absolute atomic E-state index is 0.00717. The molecule has 0 aliphatic carbocycles. The van der Waals surface area contributed by atoms with Crippen LogP contribution >= 0.6 is 0 Å². The van der Waals surface area contributed by atoms with Gasteiger partial charge in [0.25, 0.3) is 0 Å². The van der Waals surface area contributed by atoms with Gasteiger partial charge in [-0.1, -0.05) is 26.0 Å². The van der Waals surface area contributed by atoms with Crippen LogP contribution in [0.4, 0.5) is 0 Å². The van der Waals surface area contributed by atoms with Crippen LogP contribution in [0.5, 0.6) is 28.7 Å². The molecule has 0 spiro atoms. The molecule has 6 nitrogen and oxygen atoms in total. The molecule has 2 aromatic carbocycles. The second kappa shape index (κ2) is 6.54. The van der Waals surface area contributed by atoms with Gasteiger partial charge in [-0.15, -0.1) is 6.58 Å². The Morgan fingerprint density at radius 3 is 2.56 bits per heavy atom. The maximum absolute atomic E-state index is 12.8. The summed E-state index contributed by atoms with van der Waals surface area (Å²) in [5, 5.41) is 30.8. The van der Waals surface area contributed by atoms with Crippen LogP contribution in [-0.2, 0) is 5.41 Å². The van der Waals surface area contributed by atoms with Gasteiger partial charge in [0, 0.05) is 17.0 Å². The Labute approximate surface area is 157 Å². The molecular formula is C21H22O6. The minimum Gasteiger partial charge on any atom is -0.507 e. The number of allylic oxidation sites excluding steroid dienone is 1. The molecule has 0 fully saturated rings. The lowest BCUT2D eigenvalue weighted by Crippen LogP contribution is -2.22. The molecule has 0 amide bonds. The molecule has 0 saturated heterocycles. The number of aromatic hydroxyl groups is 3. The summed E-state index contributed by atoms with van der Waals surface area (Å²) in [5.41, 5.74) is 0.195. The summed E-state index contributed by atoms with van der Waals surface area (Å²) in [6.45, 7) is 7.28. The van der Waals surface area contributed by atoms with Crippen LogP contribution in [0.25, 0.3) is 0 Å². The van der Waals surface area contributed by atoms with Gasteiger partial charge in [-0.05, 0) is 17.7 Å². The highest BCUT2D eigenvalue weighted by atomic mass is 16.5. The van der Waals surface area contributed by atoms with E-state index in [9.17, 15) is 20.1 Å². The van der Waals surface area contributed by atoms with Crippen molar-refractivity contribution in [1.82, 2.24) is 0 Å². The number of ketones is 1. The molecule has 27 heavy (non-hydrogen) atoms. The molecular weight excluding hydrogens is 348 g/mol. The average molecular weight is 370 g/mol. The summed E-state index contributed by atoms with van der Waals surface area (Å²) in [7, 11) is 1.43. The van der Waals surface area contributed by atoms with E-state index in [1.807, 2.05) is 0 Å². The highest BCUT2D eigenvalue weighted by Crippen LogP contribution is 2.48. The molecule has 0 aromatic heterocycles. The summed E-state index contributed by atoms with van der Waals surface area (Å²) in [6.07, 6.45) is 0.970. The van der Waals surface area contributed by atoms with Crippen LogP contribution in [0.15, 0.2) is 36.9 Å². The summed E-state index contributed by atoms with van der Waals surface area (Å²) < 4.78 is 11.0. The first-order valence-electron chi connectivity index (χ1n) is 8.49. The minimum atomic E-state index is -0.731. The summed E-state index contributed by atoms with van der Waals surface area (Å²) in [5.74, 6) is -0.401. The second-order valence-corrected chi connectivity index (χ2v) is 7.08. The van der Waals surface area contributed by atoms with Gasteiger partial charge < -0.3 is 24.8 Å². The zero-order valence-electron chi connectivity index (χ0n) is 15.4. The number of phenols is 3. The van der Waals surface area contributed by atoms with E-state index in [0.29, 0.717) is 5.56 Å². The van der Waals surface area contributed by atoms with Crippen molar-refractivity contribution in [2.45, 2.75) is 31.8 Å². The highest BCUT2D eigenvalue weighted by molar-refractivity contribution is 6.03. The Balaban J connectivity index is 2.07. The standard InChI is InChI=1S/C21H22O6/c1-5-21(2,3)19-14(24)10-17-18(20(19)25)13(23)9-15(27-17)11-6-7-12(22)16(8-11)26-4/h5-8,10,15,22,24-25H,1,9H2,2-4H3/t15-/m0/s1. The first kappa shape index (κ1) is 18.6. The lowest BCUT2D eigenvalue weighted by Gasteiger charge is -2.30. The van der Waals surface area contributed by atoms with E-state index in [2.05, 4.69) is 6.58 Å². The molecule has 0 saturated carbocycles. The molecule has 0 bridgehead atoms. The van der Waals surface area contributed by atoms with Crippen LogP contribution in [0.3, 0.4) is 0 Å². The number of carbonyl (C=O) groups excluding carboxylic acids is 1. The van der Waals surface area contributed by atoms with Gasteiger partial charge in [0.1, 0.15) is 28.9 Å². The number of methoxy groups -OCH3 is 1. The number of fused-ring (bicyclic) bond motifs is 1. The SMILES string of the molecule is C=CC(C)(C)c1c(O)cc2c(c1O)C(=O)C[C@@H](c1ccc(O)c(OC)c1)O2. The van der Waals surface area contributed by atoms with Crippen molar-refractivity contribution in [2.24, 2.45) is 0 Å². The lowest BCUT2D eigenvalue weighted by molar-refractivity contribution is 0.0844. The van der Waals surface area contributed by atoms with Crippen LogP contribution < -0.4 is 9.47 Å². The van der Waals surface area contributed by atoms with Gasteiger partial charge in [0.05, 0.1) is 13.5 Å². The van der Waals surface area contributed by atoms with Crippen LogP contribution in [-0.4, -0.2) is 28.2 Å². The molecule has 0 radical (unpaired) electrons. The normalized spacial score (nSPS) is 16.4. The summed E-state index contributed by atoms with van der Waals surface area (Å²) in [4.78, 5) is 12.8. The van der Waals surface area contributed by atoms with Gasteiger partial charge in [-0.3, -0.25) is 4.79 Å². The Kier molecular flexibility index (Phi) is 4.51. The van der Waals surface area contributed by atoms with E-state index in [4.69, 9.17) is 9.47 Å². The number of phenolic OH excluding ortho intramolecular Hbond substituents is 3. The maximum atomic E-state index is 12.8. The topological polar surface area (TPSA) is 96.2 Å². The number of carbonyl (C=O) groups is 1. The van der Waals surface area contributed by atoms with Crippen molar-refractivity contribution < 1.29 is 29.6 Å². The Bertz CT molecular complexity index is 929. The maximum Gasteiger partial charge on any atom is 0.174 e. The number of Topliss-reactive ketones (excluding diaryl/α,β-unsaturated/α-hetero) is 1. The largest absolute Gasteiger partial charge is 0.507 e. The van der Waals surface area contributed by atoms with Gasteiger partial charge >= 0.3 is 0 Å². The molecule has 1 heterocycles. The van der Waals surface area contributed by atoms with E-state index in [1.165, 1.54) is 19.2 Å². The van der Waals surface area contributed by atoms with Crippen molar-refractivity contribution >= 4 is 5.78 Å². The summed E-state index contributed by atoms with van der Waals surface area (Å²) in [6, 6.07) is 6.03.